The van der Waals surface area contributed by atoms with E-state index in [1.165, 1.54) is 0 Å². The molecule has 94 valence electrons. The van der Waals surface area contributed by atoms with Crippen LogP contribution in [0.1, 0.15) is 24.7 Å². The zero-order valence-electron chi connectivity index (χ0n) is 9.66. The lowest BCUT2D eigenvalue weighted by molar-refractivity contribution is -0.150. The third kappa shape index (κ3) is 3.78. The Bertz CT molecular complexity index is 327. The van der Waals surface area contributed by atoms with Gasteiger partial charge in [-0.2, -0.15) is 0 Å². The second-order valence-corrected chi connectivity index (χ2v) is 4.27. The summed E-state index contributed by atoms with van der Waals surface area (Å²) in [6.45, 7) is 0.851. The van der Waals surface area contributed by atoms with Crippen molar-refractivity contribution in [3.63, 3.8) is 0 Å². The van der Waals surface area contributed by atoms with Gasteiger partial charge in [0.05, 0.1) is 18.8 Å². The van der Waals surface area contributed by atoms with E-state index in [0.29, 0.717) is 26.1 Å². The summed E-state index contributed by atoms with van der Waals surface area (Å²) in [5.74, 6) is 0. The summed E-state index contributed by atoms with van der Waals surface area (Å²) in [6, 6.07) is 9.20. The fraction of sp³-hybridized carbons (Fsp3) is 0.538. The lowest BCUT2D eigenvalue weighted by atomic mass is 10.1. The van der Waals surface area contributed by atoms with Crippen molar-refractivity contribution < 1.29 is 19.7 Å². The van der Waals surface area contributed by atoms with Crippen LogP contribution in [0, 0.1) is 0 Å². The first-order valence-electron chi connectivity index (χ1n) is 5.90. The van der Waals surface area contributed by atoms with Crippen LogP contribution in [0.4, 0.5) is 0 Å². The number of aliphatic hydroxyl groups excluding tert-OH is 2. The second-order valence-electron chi connectivity index (χ2n) is 4.27. The van der Waals surface area contributed by atoms with Crippen molar-refractivity contribution in [1.29, 1.82) is 0 Å². The minimum atomic E-state index is -0.932. The Labute approximate surface area is 101 Å². The smallest absolute Gasteiger partial charge is 0.181 e. The average molecular weight is 238 g/mol. The molecule has 0 saturated carbocycles. The molecule has 4 nitrogen and oxygen atoms in total. The van der Waals surface area contributed by atoms with Crippen LogP contribution in [-0.2, 0) is 9.47 Å². The molecule has 1 heterocycles. The van der Waals surface area contributed by atoms with Gasteiger partial charge in [0.2, 0.25) is 0 Å². The second kappa shape index (κ2) is 6.12. The topological polar surface area (TPSA) is 58.9 Å². The first kappa shape index (κ1) is 12.5. The highest BCUT2D eigenvalue weighted by molar-refractivity contribution is 5.15. The van der Waals surface area contributed by atoms with Gasteiger partial charge in [-0.15, -0.1) is 0 Å². The summed E-state index contributed by atoms with van der Waals surface area (Å²) in [7, 11) is 0. The zero-order valence-corrected chi connectivity index (χ0v) is 9.66. The molecule has 17 heavy (non-hydrogen) atoms. The van der Waals surface area contributed by atoms with E-state index in [1.807, 2.05) is 18.2 Å². The zero-order chi connectivity index (χ0) is 12.1. The Hall–Kier alpha value is -0.940. The molecule has 0 aromatic heterocycles. The van der Waals surface area contributed by atoms with Crippen molar-refractivity contribution in [2.24, 2.45) is 0 Å². The van der Waals surface area contributed by atoms with Crippen LogP contribution in [0.25, 0.3) is 0 Å². The van der Waals surface area contributed by atoms with Crippen LogP contribution in [0.2, 0.25) is 0 Å². The van der Waals surface area contributed by atoms with E-state index in [1.54, 1.807) is 12.1 Å². The summed E-state index contributed by atoms with van der Waals surface area (Å²) in [5.41, 5.74) is 0.726. The molecule has 0 spiro atoms. The van der Waals surface area contributed by atoms with E-state index in [0.717, 1.165) is 5.56 Å². The van der Waals surface area contributed by atoms with Crippen LogP contribution in [-0.4, -0.2) is 35.6 Å². The van der Waals surface area contributed by atoms with Gasteiger partial charge in [0.1, 0.15) is 0 Å². The largest absolute Gasteiger partial charge is 0.393 e. The highest BCUT2D eigenvalue weighted by Gasteiger charge is 2.22. The molecule has 1 fully saturated rings. The van der Waals surface area contributed by atoms with Crippen LogP contribution in [0.5, 0.6) is 0 Å². The lowest BCUT2D eigenvalue weighted by Gasteiger charge is -2.27. The number of rotatable bonds is 4. The average Bonchev–Trinajstić information content (AvgIpc) is 2.37. The third-order valence-electron chi connectivity index (χ3n) is 2.86. The third-order valence-corrected chi connectivity index (χ3v) is 2.86. The van der Waals surface area contributed by atoms with Gasteiger partial charge in [-0.1, -0.05) is 30.3 Å². The Morgan fingerprint density at radius 1 is 1.35 bits per heavy atom. The van der Waals surface area contributed by atoms with Crippen LogP contribution < -0.4 is 0 Å². The minimum Gasteiger partial charge on any atom is -0.393 e. The minimum absolute atomic E-state index is 0.128. The SMILES string of the molecule is OC(OCC1C[C@H](O)CCO1)c1ccccc1. The monoisotopic (exact) mass is 238 g/mol. The number of benzene rings is 1. The summed E-state index contributed by atoms with van der Waals surface area (Å²) in [6.07, 6.45) is -0.124. The first-order chi connectivity index (χ1) is 8.25. The molecule has 2 unspecified atom stereocenters. The van der Waals surface area contributed by atoms with E-state index in [2.05, 4.69) is 0 Å². The summed E-state index contributed by atoms with van der Waals surface area (Å²) >= 11 is 0. The molecule has 4 heteroatoms. The number of hydrogen-bond donors (Lipinski definition) is 2. The van der Waals surface area contributed by atoms with Gasteiger partial charge in [-0.3, -0.25) is 0 Å². The molecule has 1 saturated heterocycles. The quantitative estimate of drug-likeness (QED) is 0.775. The van der Waals surface area contributed by atoms with Crippen LogP contribution in [0.15, 0.2) is 30.3 Å². The predicted molar refractivity (Wildman–Crippen MR) is 62.3 cm³/mol. The molecule has 0 bridgehead atoms. The van der Waals surface area contributed by atoms with Gasteiger partial charge >= 0.3 is 0 Å². The van der Waals surface area contributed by atoms with Crippen molar-refractivity contribution in [2.75, 3.05) is 13.2 Å². The molecule has 0 radical (unpaired) electrons. The fourth-order valence-electron chi connectivity index (χ4n) is 1.89. The van der Waals surface area contributed by atoms with Crippen molar-refractivity contribution in [1.82, 2.24) is 0 Å². The Kier molecular flexibility index (Phi) is 4.50. The van der Waals surface area contributed by atoms with E-state index >= 15 is 0 Å². The molecule has 2 N–H and O–H groups in total. The molecule has 1 aliphatic rings. The maximum atomic E-state index is 9.78. The Balaban J connectivity index is 1.78. The summed E-state index contributed by atoms with van der Waals surface area (Å²) < 4.78 is 10.8. The maximum Gasteiger partial charge on any atom is 0.181 e. The van der Waals surface area contributed by atoms with Crippen molar-refractivity contribution in [2.45, 2.75) is 31.3 Å². The molecule has 2 rings (SSSR count). The van der Waals surface area contributed by atoms with Gasteiger partial charge in [0, 0.05) is 18.6 Å². The normalized spacial score (nSPS) is 26.7. The van der Waals surface area contributed by atoms with Gasteiger partial charge < -0.3 is 19.7 Å². The van der Waals surface area contributed by atoms with Crippen molar-refractivity contribution in [3.8, 4) is 0 Å². The molecule has 1 aromatic rings. The number of hydrogen-bond acceptors (Lipinski definition) is 4. The maximum absolute atomic E-state index is 9.78. The van der Waals surface area contributed by atoms with Crippen LogP contribution >= 0.6 is 0 Å². The van der Waals surface area contributed by atoms with Crippen molar-refractivity contribution in [3.05, 3.63) is 35.9 Å². The number of aliphatic hydroxyl groups is 2. The van der Waals surface area contributed by atoms with Crippen molar-refractivity contribution >= 4 is 0 Å². The predicted octanol–water partition coefficient (Wildman–Crippen LogP) is 1.23. The molecular weight excluding hydrogens is 220 g/mol. The molecule has 0 amide bonds. The lowest BCUT2D eigenvalue weighted by Crippen LogP contribution is -2.32. The Morgan fingerprint density at radius 3 is 2.82 bits per heavy atom. The molecule has 1 aliphatic heterocycles. The molecule has 3 atom stereocenters. The van der Waals surface area contributed by atoms with Gasteiger partial charge in [0.15, 0.2) is 6.29 Å². The highest BCUT2D eigenvalue weighted by atomic mass is 16.6. The fourth-order valence-corrected chi connectivity index (χ4v) is 1.89. The molecule has 1 aromatic carbocycles. The van der Waals surface area contributed by atoms with Gasteiger partial charge in [-0.25, -0.2) is 0 Å². The molecular formula is C13H18O4. The summed E-state index contributed by atoms with van der Waals surface area (Å²) in [5, 5.41) is 19.2. The van der Waals surface area contributed by atoms with E-state index in [9.17, 15) is 10.2 Å². The van der Waals surface area contributed by atoms with Gasteiger partial charge in [-0.05, 0) is 6.42 Å². The first-order valence-corrected chi connectivity index (χ1v) is 5.90. The standard InChI is InChI=1S/C13H18O4/c14-11-6-7-16-12(8-11)9-17-13(15)10-4-2-1-3-5-10/h1-5,11-15H,6-9H2/t11-,12?,13?/m1/s1. The highest BCUT2D eigenvalue weighted by Crippen LogP contribution is 2.18. The van der Waals surface area contributed by atoms with E-state index in [-0.39, 0.29) is 12.2 Å². The summed E-state index contributed by atoms with van der Waals surface area (Å²) in [4.78, 5) is 0. The Morgan fingerprint density at radius 2 is 2.12 bits per heavy atom. The number of ether oxygens (including phenoxy) is 2. The van der Waals surface area contributed by atoms with Crippen LogP contribution in [0.3, 0.4) is 0 Å². The van der Waals surface area contributed by atoms with E-state index < -0.39 is 6.29 Å². The molecule has 0 aliphatic carbocycles. The van der Waals surface area contributed by atoms with E-state index in [4.69, 9.17) is 9.47 Å². The van der Waals surface area contributed by atoms with Gasteiger partial charge in [0.25, 0.3) is 0 Å².